The Morgan fingerprint density at radius 1 is 1.14 bits per heavy atom. The van der Waals surface area contributed by atoms with Crippen LogP contribution in [0.5, 0.6) is 5.75 Å². The van der Waals surface area contributed by atoms with Gasteiger partial charge in [-0.3, -0.25) is 0 Å². The lowest BCUT2D eigenvalue weighted by atomic mass is 10.1. The summed E-state index contributed by atoms with van der Waals surface area (Å²) in [7, 11) is 0. The van der Waals surface area contributed by atoms with Crippen molar-refractivity contribution in [2.45, 2.75) is 13.5 Å². The summed E-state index contributed by atoms with van der Waals surface area (Å²) in [4.78, 5) is 0. The Labute approximate surface area is 127 Å². The average molecular weight is 301 g/mol. The molecule has 0 saturated heterocycles. The summed E-state index contributed by atoms with van der Waals surface area (Å²) in [5, 5.41) is 8.27. The molecule has 0 aliphatic carbocycles. The van der Waals surface area contributed by atoms with Crippen LogP contribution in [0.15, 0.2) is 53.3 Å². The quantitative estimate of drug-likeness (QED) is 0.721. The molecule has 0 unspecified atom stereocenters. The fraction of sp³-hybridized carbons (Fsp3) is 0.125. The van der Waals surface area contributed by atoms with Gasteiger partial charge in [0.05, 0.1) is 0 Å². The number of halogens is 1. The first kappa shape index (κ1) is 13.6. The summed E-state index contributed by atoms with van der Waals surface area (Å²) >= 11 is 5.99. The van der Waals surface area contributed by atoms with Gasteiger partial charge in [-0.25, -0.2) is 0 Å². The second-order valence-corrected chi connectivity index (χ2v) is 5.05. The summed E-state index contributed by atoms with van der Waals surface area (Å²) in [5.74, 6) is 1.31. The number of hydrogen-bond donors (Lipinski definition) is 0. The number of benzene rings is 2. The lowest BCUT2D eigenvalue weighted by Gasteiger charge is -2.08. The number of hydrogen-bond acceptors (Lipinski definition) is 4. The van der Waals surface area contributed by atoms with Crippen molar-refractivity contribution in [1.29, 1.82) is 0 Å². The number of aryl methyl sites for hydroxylation is 1. The first-order valence-electron chi connectivity index (χ1n) is 6.47. The van der Waals surface area contributed by atoms with Gasteiger partial charge in [0.1, 0.15) is 12.4 Å². The second-order valence-electron chi connectivity index (χ2n) is 4.64. The van der Waals surface area contributed by atoms with E-state index in [-0.39, 0.29) is 0 Å². The molecule has 0 aliphatic heterocycles. The lowest BCUT2D eigenvalue weighted by Crippen LogP contribution is -1.95. The van der Waals surface area contributed by atoms with Crippen LogP contribution in [0.3, 0.4) is 0 Å². The monoisotopic (exact) mass is 300 g/mol. The predicted octanol–water partition coefficient (Wildman–Crippen LogP) is 4.28. The van der Waals surface area contributed by atoms with Crippen molar-refractivity contribution in [2.75, 3.05) is 0 Å². The SMILES string of the molecule is Cc1cc(OCc2ccc(-c3nnco3)cc2)ccc1Cl. The molecule has 0 saturated carbocycles. The zero-order valence-electron chi connectivity index (χ0n) is 11.4. The van der Waals surface area contributed by atoms with E-state index >= 15 is 0 Å². The molecule has 1 heterocycles. The van der Waals surface area contributed by atoms with Gasteiger partial charge in [0.2, 0.25) is 12.3 Å². The summed E-state index contributed by atoms with van der Waals surface area (Å²) in [6.45, 7) is 2.44. The Balaban J connectivity index is 1.66. The van der Waals surface area contributed by atoms with Gasteiger partial charge in [0, 0.05) is 10.6 Å². The topological polar surface area (TPSA) is 48.2 Å². The van der Waals surface area contributed by atoms with Gasteiger partial charge < -0.3 is 9.15 Å². The van der Waals surface area contributed by atoms with Crippen LogP contribution in [-0.4, -0.2) is 10.2 Å². The van der Waals surface area contributed by atoms with E-state index in [1.54, 1.807) is 0 Å². The minimum absolute atomic E-state index is 0.491. The van der Waals surface area contributed by atoms with E-state index in [1.807, 2.05) is 49.4 Å². The van der Waals surface area contributed by atoms with Crippen molar-refractivity contribution < 1.29 is 9.15 Å². The molecule has 0 radical (unpaired) electrons. The summed E-state index contributed by atoms with van der Waals surface area (Å²) < 4.78 is 10.9. The molecule has 0 atom stereocenters. The largest absolute Gasteiger partial charge is 0.489 e. The molecule has 21 heavy (non-hydrogen) atoms. The molecule has 2 aromatic carbocycles. The van der Waals surface area contributed by atoms with Crippen LogP contribution in [-0.2, 0) is 6.61 Å². The van der Waals surface area contributed by atoms with Gasteiger partial charge in [0.15, 0.2) is 0 Å². The third-order valence-electron chi connectivity index (χ3n) is 3.10. The maximum Gasteiger partial charge on any atom is 0.247 e. The fourth-order valence-electron chi connectivity index (χ4n) is 1.92. The molecule has 0 bridgehead atoms. The Morgan fingerprint density at radius 3 is 2.62 bits per heavy atom. The fourth-order valence-corrected chi connectivity index (χ4v) is 2.03. The van der Waals surface area contributed by atoms with Gasteiger partial charge >= 0.3 is 0 Å². The molecule has 106 valence electrons. The van der Waals surface area contributed by atoms with E-state index in [1.165, 1.54) is 6.39 Å². The number of rotatable bonds is 4. The molecule has 0 spiro atoms. The highest BCUT2D eigenvalue weighted by molar-refractivity contribution is 6.31. The summed E-state index contributed by atoms with van der Waals surface area (Å²) in [6.07, 6.45) is 1.31. The van der Waals surface area contributed by atoms with E-state index in [0.29, 0.717) is 12.5 Å². The minimum atomic E-state index is 0.491. The van der Waals surface area contributed by atoms with Crippen LogP contribution >= 0.6 is 11.6 Å². The van der Waals surface area contributed by atoms with E-state index in [9.17, 15) is 0 Å². The van der Waals surface area contributed by atoms with Gasteiger partial charge in [-0.1, -0.05) is 23.7 Å². The third kappa shape index (κ3) is 3.23. The normalized spacial score (nSPS) is 10.6. The van der Waals surface area contributed by atoms with Gasteiger partial charge in [-0.05, 0) is 48.4 Å². The number of ether oxygens (including phenoxy) is 1. The smallest absolute Gasteiger partial charge is 0.247 e. The molecule has 0 fully saturated rings. The number of nitrogens with zero attached hydrogens (tertiary/aromatic N) is 2. The Kier molecular flexibility index (Phi) is 3.88. The van der Waals surface area contributed by atoms with Crippen LogP contribution in [0.2, 0.25) is 5.02 Å². The zero-order chi connectivity index (χ0) is 14.7. The summed E-state index contributed by atoms with van der Waals surface area (Å²) in [6, 6.07) is 13.4. The van der Waals surface area contributed by atoms with Crippen molar-refractivity contribution >= 4 is 11.6 Å². The Bertz CT molecular complexity index is 725. The van der Waals surface area contributed by atoms with E-state index in [2.05, 4.69) is 10.2 Å². The van der Waals surface area contributed by atoms with Crippen molar-refractivity contribution in [3.63, 3.8) is 0 Å². The number of aromatic nitrogens is 2. The van der Waals surface area contributed by atoms with Crippen molar-refractivity contribution in [1.82, 2.24) is 10.2 Å². The molecule has 5 heteroatoms. The predicted molar refractivity (Wildman–Crippen MR) is 80.3 cm³/mol. The highest BCUT2D eigenvalue weighted by Crippen LogP contribution is 2.22. The molecule has 0 N–H and O–H groups in total. The maximum atomic E-state index is 5.99. The standard InChI is InChI=1S/C16H13ClN2O2/c1-11-8-14(6-7-15(11)17)20-9-12-2-4-13(5-3-12)16-19-18-10-21-16/h2-8,10H,9H2,1H3. The molecule has 4 nitrogen and oxygen atoms in total. The molecule has 0 aliphatic rings. The van der Waals surface area contributed by atoms with Gasteiger partial charge in [0.25, 0.3) is 0 Å². The van der Waals surface area contributed by atoms with E-state index < -0.39 is 0 Å². The average Bonchev–Trinajstić information content (AvgIpc) is 3.03. The Morgan fingerprint density at radius 2 is 1.95 bits per heavy atom. The first-order valence-corrected chi connectivity index (χ1v) is 6.84. The molecule has 3 aromatic rings. The van der Waals surface area contributed by atoms with Crippen molar-refractivity contribution in [3.05, 3.63) is 65.0 Å². The van der Waals surface area contributed by atoms with Crippen LogP contribution in [0.1, 0.15) is 11.1 Å². The maximum absolute atomic E-state index is 5.99. The highest BCUT2D eigenvalue weighted by Gasteiger charge is 2.04. The van der Waals surface area contributed by atoms with Crippen LogP contribution in [0, 0.1) is 6.92 Å². The van der Waals surface area contributed by atoms with Crippen LogP contribution in [0.25, 0.3) is 11.5 Å². The zero-order valence-corrected chi connectivity index (χ0v) is 12.2. The molecular weight excluding hydrogens is 288 g/mol. The van der Waals surface area contributed by atoms with Crippen LogP contribution in [0.4, 0.5) is 0 Å². The second kappa shape index (κ2) is 5.97. The molecule has 0 amide bonds. The summed E-state index contributed by atoms with van der Waals surface area (Å²) in [5.41, 5.74) is 2.95. The van der Waals surface area contributed by atoms with Gasteiger partial charge in [-0.2, -0.15) is 0 Å². The lowest BCUT2D eigenvalue weighted by molar-refractivity contribution is 0.306. The Hall–Kier alpha value is -2.33. The third-order valence-corrected chi connectivity index (χ3v) is 3.52. The molecule has 3 rings (SSSR count). The van der Waals surface area contributed by atoms with Gasteiger partial charge in [-0.15, -0.1) is 10.2 Å². The molecule has 1 aromatic heterocycles. The van der Waals surface area contributed by atoms with Crippen LogP contribution < -0.4 is 4.74 Å². The van der Waals surface area contributed by atoms with Crippen molar-refractivity contribution in [3.8, 4) is 17.2 Å². The first-order chi connectivity index (χ1) is 10.2. The molecular formula is C16H13ClN2O2. The van der Waals surface area contributed by atoms with Crippen molar-refractivity contribution in [2.24, 2.45) is 0 Å². The highest BCUT2D eigenvalue weighted by atomic mass is 35.5. The van der Waals surface area contributed by atoms with E-state index in [0.717, 1.165) is 27.5 Å². The minimum Gasteiger partial charge on any atom is -0.489 e. The van der Waals surface area contributed by atoms with E-state index in [4.69, 9.17) is 20.8 Å².